The van der Waals surface area contributed by atoms with Crippen LogP contribution in [0.3, 0.4) is 0 Å². The van der Waals surface area contributed by atoms with E-state index in [1.165, 1.54) is 16.8 Å². The fourth-order valence-corrected chi connectivity index (χ4v) is 1.63. The van der Waals surface area contributed by atoms with Gasteiger partial charge < -0.3 is 0 Å². The molecule has 0 atom stereocenters. The van der Waals surface area contributed by atoms with Crippen molar-refractivity contribution in [3.05, 3.63) is 40.9 Å². The highest BCUT2D eigenvalue weighted by Gasteiger charge is 2.04. The Kier molecular flexibility index (Phi) is 3.02. The number of nitrogens with zero attached hydrogens (tertiary/aromatic N) is 3. The highest BCUT2D eigenvalue weighted by molar-refractivity contribution is 9.08. The molecule has 1 aromatic heterocycles. The Bertz CT molecular complexity index is 466. The first-order chi connectivity index (χ1) is 7.19. The van der Waals surface area contributed by atoms with Gasteiger partial charge in [0, 0.05) is 10.4 Å². The van der Waals surface area contributed by atoms with Crippen molar-refractivity contribution in [3.63, 3.8) is 0 Å². The van der Waals surface area contributed by atoms with E-state index in [0.29, 0.717) is 16.0 Å². The zero-order chi connectivity index (χ0) is 10.8. The Morgan fingerprint density at radius 3 is 2.80 bits per heavy atom. The maximum Gasteiger partial charge on any atom is 0.126 e. The van der Waals surface area contributed by atoms with E-state index in [1.54, 1.807) is 12.3 Å². The molecule has 0 aliphatic rings. The van der Waals surface area contributed by atoms with Gasteiger partial charge in [0.2, 0.25) is 0 Å². The van der Waals surface area contributed by atoms with Crippen LogP contribution in [0.25, 0.3) is 5.69 Å². The topological polar surface area (TPSA) is 30.7 Å². The van der Waals surface area contributed by atoms with Crippen LogP contribution in [-0.2, 0) is 5.33 Å². The molecule has 0 unspecified atom stereocenters. The van der Waals surface area contributed by atoms with Gasteiger partial charge in [-0.1, -0.05) is 32.7 Å². The fourth-order valence-electron chi connectivity index (χ4n) is 1.16. The minimum Gasteiger partial charge on any atom is -0.220 e. The molecule has 0 saturated heterocycles. The molecule has 6 heteroatoms. The zero-order valence-corrected chi connectivity index (χ0v) is 9.83. The van der Waals surface area contributed by atoms with Crippen molar-refractivity contribution >= 4 is 27.5 Å². The van der Waals surface area contributed by atoms with Gasteiger partial charge in [-0.3, -0.25) is 0 Å². The number of hydrogen-bond acceptors (Lipinski definition) is 2. The van der Waals surface area contributed by atoms with E-state index in [0.717, 1.165) is 5.69 Å². The van der Waals surface area contributed by atoms with E-state index in [4.69, 9.17) is 11.6 Å². The van der Waals surface area contributed by atoms with Gasteiger partial charge in [0.1, 0.15) is 5.82 Å². The third kappa shape index (κ3) is 2.35. The summed E-state index contributed by atoms with van der Waals surface area (Å²) in [5.41, 5.74) is 1.33. The predicted molar refractivity (Wildman–Crippen MR) is 59.0 cm³/mol. The van der Waals surface area contributed by atoms with Crippen molar-refractivity contribution in [2.24, 2.45) is 0 Å². The van der Waals surface area contributed by atoms with Gasteiger partial charge in [-0.2, -0.15) is 0 Å². The maximum absolute atomic E-state index is 13.0. The summed E-state index contributed by atoms with van der Waals surface area (Å²) in [6, 6.07) is 4.21. The molecule has 0 spiro atoms. The Morgan fingerprint density at radius 2 is 2.20 bits per heavy atom. The molecule has 0 aliphatic heterocycles. The molecule has 15 heavy (non-hydrogen) atoms. The molecule has 0 bridgehead atoms. The van der Waals surface area contributed by atoms with Crippen molar-refractivity contribution in [2.45, 2.75) is 5.33 Å². The summed E-state index contributed by atoms with van der Waals surface area (Å²) in [7, 11) is 0. The van der Waals surface area contributed by atoms with E-state index >= 15 is 0 Å². The summed E-state index contributed by atoms with van der Waals surface area (Å²) in [6.07, 6.45) is 1.71. The van der Waals surface area contributed by atoms with Gasteiger partial charge in [0.25, 0.3) is 0 Å². The summed E-state index contributed by atoms with van der Waals surface area (Å²) >= 11 is 8.99. The van der Waals surface area contributed by atoms with E-state index in [1.807, 2.05) is 0 Å². The molecule has 78 valence electrons. The molecular weight excluding hydrogens is 284 g/mol. The highest BCUT2D eigenvalue weighted by atomic mass is 79.9. The number of halogens is 3. The molecule has 1 heterocycles. The Hall–Kier alpha value is -0.940. The lowest BCUT2D eigenvalue weighted by molar-refractivity contribution is 0.625. The summed E-state index contributed by atoms with van der Waals surface area (Å²) in [6.45, 7) is 0. The first-order valence-corrected chi connectivity index (χ1v) is 5.62. The lowest BCUT2D eigenvalue weighted by atomic mass is 10.3. The predicted octanol–water partition coefficient (Wildman–Crippen LogP) is 2.95. The fraction of sp³-hybridized carbons (Fsp3) is 0.111. The van der Waals surface area contributed by atoms with Gasteiger partial charge in [-0.05, 0) is 18.2 Å². The Labute approximate surface area is 99.0 Å². The number of benzene rings is 1. The molecule has 0 amide bonds. The molecule has 3 nitrogen and oxygen atoms in total. The second-order valence-electron chi connectivity index (χ2n) is 2.92. The molecule has 0 fully saturated rings. The lowest BCUT2D eigenvalue weighted by Crippen LogP contribution is -1.95. The molecule has 2 rings (SSSR count). The summed E-state index contributed by atoms with van der Waals surface area (Å²) < 4.78 is 14.5. The summed E-state index contributed by atoms with van der Waals surface area (Å²) in [5, 5.41) is 8.66. The maximum atomic E-state index is 13.0. The van der Waals surface area contributed by atoms with Crippen molar-refractivity contribution in [1.82, 2.24) is 15.0 Å². The standard InChI is InChI=1S/C9H6BrClFN3/c10-4-8-5-15(14-13-8)9-2-6(11)1-7(12)3-9/h1-3,5H,4H2. The molecule has 1 aromatic carbocycles. The quantitative estimate of drug-likeness (QED) is 0.796. The van der Waals surface area contributed by atoms with Gasteiger partial charge in [-0.15, -0.1) is 5.10 Å². The first kappa shape index (κ1) is 10.6. The molecule has 0 radical (unpaired) electrons. The van der Waals surface area contributed by atoms with Crippen LogP contribution in [0.15, 0.2) is 24.4 Å². The van der Waals surface area contributed by atoms with Gasteiger partial charge in [0.15, 0.2) is 0 Å². The normalized spacial score (nSPS) is 10.6. The van der Waals surface area contributed by atoms with E-state index in [9.17, 15) is 4.39 Å². The number of aromatic nitrogens is 3. The molecule has 0 N–H and O–H groups in total. The van der Waals surface area contributed by atoms with Crippen LogP contribution in [0.2, 0.25) is 5.02 Å². The summed E-state index contributed by atoms with van der Waals surface area (Å²) in [4.78, 5) is 0. The molecular formula is C9H6BrClFN3. The van der Waals surface area contributed by atoms with Crippen LogP contribution in [0.1, 0.15) is 5.69 Å². The number of hydrogen-bond donors (Lipinski definition) is 0. The zero-order valence-electron chi connectivity index (χ0n) is 7.49. The van der Waals surface area contributed by atoms with Crippen molar-refractivity contribution in [1.29, 1.82) is 0 Å². The molecule has 0 saturated carbocycles. The number of alkyl halides is 1. The minimum atomic E-state index is -0.395. The van der Waals surface area contributed by atoms with Crippen LogP contribution in [-0.4, -0.2) is 15.0 Å². The smallest absolute Gasteiger partial charge is 0.126 e. The average molecular weight is 291 g/mol. The van der Waals surface area contributed by atoms with Crippen LogP contribution in [0.4, 0.5) is 4.39 Å². The van der Waals surface area contributed by atoms with Crippen LogP contribution in [0.5, 0.6) is 0 Å². The first-order valence-electron chi connectivity index (χ1n) is 4.12. The largest absolute Gasteiger partial charge is 0.220 e. The lowest BCUT2D eigenvalue weighted by Gasteiger charge is -2.00. The van der Waals surface area contributed by atoms with Crippen molar-refractivity contribution in [3.8, 4) is 5.69 Å². The van der Waals surface area contributed by atoms with Crippen LogP contribution < -0.4 is 0 Å². The minimum absolute atomic E-state index is 0.334. The van der Waals surface area contributed by atoms with E-state index < -0.39 is 5.82 Å². The van der Waals surface area contributed by atoms with Crippen molar-refractivity contribution in [2.75, 3.05) is 0 Å². The number of rotatable bonds is 2. The third-order valence-electron chi connectivity index (χ3n) is 1.79. The third-order valence-corrected chi connectivity index (χ3v) is 2.58. The summed E-state index contributed by atoms with van der Waals surface area (Å²) in [5.74, 6) is -0.395. The van der Waals surface area contributed by atoms with Gasteiger partial charge in [-0.25, -0.2) is 9.07 Å². The van der Waals surface area contributed by atoms with Gasteiger partial charge in [0.05, 0.1) is 17.6 Å². The average Bonchev–Trinajstić information content (AvgIpc) is 2.64. The Morgan fingerprint density at radius 1 is 1.40 bits per heavy atom. The monoisotopic (exact) mass is 289 g/mol. The SMILES string of the molecule is Fc1cc(Cl)cc(-n2cc(CBr)nn2)c1. The second-order valence-corrected chi connectivity index (χ2v) is 3.91. The molecule has 0 aliphatic carbocycles. The highest BCUT2D eigenvalue weighted by Crippen LogP contribution is 2.17. The second kappa shape index (κ2) is 4.28. The Balaban J connectivity index is 2.44. The van der Waals surface area contributed by atoms with E-state index in [-0.39, 0.29) is 0 Å². The molecule has 2 aromatic rings. The van der Waals surface area contributed by atoms with E-state index in [2.05, 4.69) is 26.2 Å². The van der Waals surface area contributed by atoms with Crippen LogP contribution >= 0.6 is 27.5 Å². The van der Waals surface area contributed by atoms with Crippen molar-refractivity contribution < 1.29 is 4.39 Å². The van der Waals surface area contributed by atoms with Gasteiger partial charge >= 0.3 is 0 Å². The van der Waals surface area contributed by atoms with Crippen LogP contribution in [0, 0.1) is 5.82 Å².